The lowest BCUT2D eigenvalue weighted by Crippen LogP contribution is -2.14. The Morgan fingerprint density at radius 2 is 1.88 bits per heavy atom. The number of hydrogen-bond donors (Lipinski definition) is 1. The molecule has 90 valence electrons. The van der Waals surface area contributed by atoms with Gasteiger partial charge in [0, 0.05) is 6.61 Å². The van der Waals surface area contributed by atoms with Crippen molar-refractivity contribution in [3.8, 4) is 5.75 Å². The van der Waals surface area contributed by atoms with E-state index in [1.54, 1.807) is 0 Å². The van der Waals surface area contributed by atoms with Crippen LogP contribution in [0.1, 0.15) is 26.7 Å². The van der Waals surface area contributed by atoms with Gasteiger partial charge in [0.1, 0.15) is 5.75 Å². The van der Waals surface area contributed by atoms with Crippen LogP contribution in [0.3, 0.4) is 0 Å². The smallest absolute Gasteiger partial charge is 0.119 e. The molecule has 2 nitrogen and oxygen atoms in total. The lowest BCUT2D eigenvalue weighted by atomic mass is 9.92. The summed E-state index contributed by atoms with van der Waals surface area (Å²) >= 11 is 0. The molecule has 1 aromatic rings. The van der Waals surface area contributed by atoms with Crippen LogP contribution in [0.5, 0.6) is 5.75 Å². The Balaban J connectivity index is 2.16. The number of aliphatic hydroxyl groups excluding tert-OH is 1. The second kappa shape index (κ2) is 7.29. The third kappa shape index (κ3) is 4.67. The molecule has 0 saturated carbocycles. The number of benzene rings is 1. The average molecular weight is 222 g/mol. The van der Waals surface area contributed by atoms with E-state index < -0.39 is 0 Å². The summed E-state index contributed by atoms with van der Waals surface area (Å²) in [5.41, 5.74) is 0. The topological polar surface area (TPSA) is 29.5 Å². The first-order chi connectivity index (χ1) is 7.74. The van der Waals surface area contributed by atoms with E-state index in [-0.39, 0.29) is 6.61 Å². The van der Waals surface area contributed by atoms with Gasteiger partial charge in [0.15, 0.2) is 0 Å². The van der Waals surface area contributed by atoms with Crippen molar-refractivity contribution in [3.63, 3.8) is 0 Å². The molecular weight excluding hydrogens is 200 g/mol. The fourth-order valence-corrected chi connectivity index (χ4v) is 1.69. The lowest BCUT2D eigenvalue weighted by Gasteiger charge is -2.17. The summed E-state index contributed by atoms with van der Waals surface area (Å²) in [6.07, 6.45) is 2.03. The van der Waals surface area contributed by atoms with Crippen molar-refractivity contribution in [2.45, 2.75) is 26.7 Å². The van der Waals surface area contributed by atoms with Gasteiger partial charge in [-0.1, -0.05) is 32.0 Å². The minimum Gasteiger partial charge on any atom is -0.494 e. The third-order valence-electron chi connectivity index (χ3n) is 2.91. The standard InChI is InChI=1S/C14H22O2/c1-12(2)13(11-15)7-6-10-16-14-8-4-3-5-9-14/h3-5,8-9,12-13,15H,6-7,10-11H2,1-2H3. The molecule has 16 heavy (non-hydrogen) atoms. The Morgan fingerprint density at radius 1 is 1.19 bits per heavy atom. The molecule has 1 unspecified atom stereocenters. The summed E-state index contributed by atoms with van der Waals surface area (Å²) in [6, 6.07) is 9.85. The predicted octanol–water partition coefficient (Wildman–Crippen LogP) is 3.11. The highest BCUT2D eigenvalue weighted by Crippen LogP contribution is 2.17. The molecule has 0 aliphatic carbocycles. The van der Waals surface area contributed by atoms with E-state index >= 15 is 0 Å². The fourth-order valence-electron chi connectivity index (χ4n) is 1.69. The van der Waals surface area contributed by atoms with Crippen molar-refractivity contribution in [2.24, 2.45) is 11.8 Å². The molecule has 2 heteroatoms. The fraction of sp³-hybridized carbons (Fsp3) is 0.571. The monoisotopic (exact) mass is 222 g/mol. The van der Waals surface area contributed by atoms with Gasteiger partial charge in [0.05, 0.1) is 6.61 Å². The molecule has 0 heterocycles. The maximum atomic E-state index is 9.17. The highest BCUT2D eigenvalue weighted by molar-refractivity contribution is 5.20. The lowest BCUT2D eigenvalue weighted by molar-refractivity contribution is 0.171. The Kier molecular flexibility index (Phi) is 5.94. The number of para-hydroxylation sites is 1. The van der Waals surface area contributed by atoms with Gasteiger partial charge in [0.2, 0.25) is 0 Å². The minimum atomic E-state index is 0.281. The van der Waals surface area contributed by atoms with E-state index in [0.717, 1.165) is 25.2 Å². The van der Waals surface area contributed by atoms with E-state index in [4.69, 9.17) is 4.74 Å². The summed E-state index contributed by atoms with van der Waals surface area (Å²) in [6.45, 7) is 5.31. The van der Waals surface area contributed by atoms with Crippen LogP contribution in [0.25, 0.3) is 0 Å². The van der Waals surface area contributed by atoms with Gasteiger partial charge in [0.25, 0.3) is 0 Å². The largest absolute Gasteiger partial charge is 0.494 e. The number of ether oxygens (including phenoxy) is 1. The van der Waals surface area contributed by atoms with Crippen molar-refractivity contribution in [1.82, 2.24) is 0 Å². The van der Waals surface area contributed by atoms with Crippen molar-refractivity contribution in [2.75, 3.05) is 13.2 Å². The first kappa shape index (κ1) is 13.0. The molecular formula is C14H22O2. The highest BCUT2D eigenvalue weighted by atomic mass is 16.5. The second-order valence-electron chi connectivity index (χ2n) is 4.49. The van der Waals surface area contributed by atoms with Crippen molar-refractivity contribution < 1.29 is 9.84 Å². The normalized spacial score (nSPS) is 12.8. The van der Waals surface area contributed by atoms with Crippen LogP contribution in [0.4, 0.5) is 0 Å². The van der Waals surface area contributed by atoms with Gasteiger partial charge in [-0.15, -0.1) is 0 Å². The van der Waals surface area contributed by atoms with Crippen LogP contribution in [0.2, 0.25) is 0 Å². The Bertz CT molecular complexity index is 269. The molecule has 0 fully saturated rings. The Hall–Kier alpha value is -1.02. The van der Waals surface area contributed by atoms with Crippen LogP contribution in [-0.4, -0.2) is 18.3 Å². The van der Waals surface area contributed by atoms with Crippen LogP contribution < -0.4 is 4.74 Å². The van der Waals surface area contributed by atoms with Crippen molar-refractivity contribution >= 4 is 0 Å². The number of rotatable bonds is 7. The van der Waals surface area contributed by atoms with Gasteiger partial charge in [-0.05, 0) is 36.8 Å². The maximum absolute atomic E-state index is 9.17. The molecule has 1 atom stereocenters. The summed E-state index contributed by atoms with van der Waals surface area (Å²) in [7, 11) is 0. The molecule has 0 aliphatic heterocycles. The van der Waals surface area contributed by atoms with Gasteiger partial charge in [-0.2, -0.15) is 0 Å². The third-order valence-corrected chi connectivity index (χ3v) is 2.91. The average Bonchev–Trinajstić information content (AvgIpc) is 2.30. The molecule has 0 saturated heterocycles. The van der Waals surface area contributed by atoms with E-state index in [1.807, 2.05) is 30.3 Å². The van der Waals surface area contributed by atoms with Crippen LogP contribution >= 0.6 is 0 Å². The van der Waals surface area contributed by atoms with E-state index in [9.17, 15) is 5.11 Å². The maximum Gasteiger partial charge on any atom is 0.119 e. The zero-order valence-electron chi connectivity index (χ0n) is 10.2. The molecule has 1 aromatic carbocycles. The summed E-state index contributed by atoms with van der Waals surface area (Å²) < 4.78 is 5.60. The predicted molar refractivity (Wildman–Crippen MR) is 66.6 cm³/mol. The molecule has 0 aromatic heterocycles. The quantitative estimate of drug-likeness (QED) is 0.718. The SMILES string of the molecule is CC(C)C(CO)CCCOc1ccccc1. The Morgan fingerprint density at radius 3 is 2.44 bits per heavy atom. The molecule has 0 radical (unpaired) electrons. The van der Waals surface area contributed by atoms with Crippen molar-refractivity contribution in [3.05, 3.63) is 30.3 Å². The van der Waals surface area contributed by atoms with E-state index in [2.05, 4.69) is 13.8 Å². The first-order valence-electron chi connectivity index (χ1n) is 6.02. The van der Waals surface area contributed by atoms with Gasteiger partial charge in [-0.3, -0.25) is 0 Å². The summed E-state index contributed by atoms with van der Waals surface area (Å²) in [5.74, 6) is 1.87. The molecule has 1 N–H and O–H groups in total. The van der Waals surface area contributed by atoms with E-state index in [1.165, 1.54) is 0 Å². The molecule has 0 aliphatic rings. The van der Waals surface area contributed by atoms with Gasteiger partial charge in [-0.25, -0.2) is 0 Å². The van der Waals surface area contributed by atoms with Gasteiger partial charge >= 0.3 is 0 Å². The molecule has 0 bridgehead atoms. The molecule has 0 spiro atoms. The zero-order chi connectivity index (χ0) is 11.8. The Labute approximate surface area is 98.3 Å². The number of aliphatic hydroxyl groups is 1. The highest BCUT2D eigenvalue weighted by Gasteiger charge is 2.11. The second-order valence-corrected chi connectivity index (χ2v) is 4.49. The first-order valence-corrected chi connectivity index (χ1v) is 6.02. The summed E-state index contributed by atoms with van der Waals surface area (Å²) in [5, 5.41) is 9.17. The van der Waals surface area contributed by atoms with Crippen LogP contribution in [0.15, 0.2) is 30.3 Å². The van der Waals surface area contributed by atoms with Crippen molar-refractivity contribution in [1.29, 1.82) is 0 Å². The summed E-state index contributed by atoms with van der Waals surface area (Å²) in [4.78, 5) is 0. The van der Waals surface area contributed by atoms with E-state index in [0.29, 0.717) is 11.8 Å². The van der Waals surface area contributed by atoms with Gasteiger partial charge < -0.3 is 9.84 Å². The van der Waals surface area contributed by atoms with Crippen LogP contribution in [-0.2, 0) is 0 Å². The molecule has 1 rings (SSSR count). The minimum absolute atomic E-state index is 0.281. The van der Waals surface area contributed by atoms with Crippen LogP contribution in [0, 0.1) is 11.8 Å². The molecule has 0 amide bonds. The number of hydrogen-bond acceptors (Lipinski definition) is 2. The zero-order valence-corrected chi connectivity index (χ0v) is 10.2.